The van der Waals surface area contributed by atoms with Gasteiger partial charge in [-0.2, -0.15) is 0 Å². The fourth-order valence-corrected chi connectivity index (χ4v) is 3.09. The summed E-state index contributed by atoms with van der Waals surface area (Å²) in [7, 11) is 0. The Hall–Kier alpha value is -2.63. The predicted octanol–water partition coefficient (Wildman–Crippen LogP) is 3.91. The van der Waals surface area contributed by atoms with Crippen molar-refractivity contribution in [3.8, 4) is 11.3 Å². The quantitative estimate of drug-likeness (QED) is 0.685. The van der Waals surface area contributed by atoms with E-state index in [2.05, 4.69) is 33.8 Å². The first-order valence-electron chi connectivity index (χ1n) is 8.92. The molecule has 0 aromatic carbocycles. The smallest absolute Gasteiger partial charge is 0.270 e. The molecule has 0 radical (unpaired) electrons. The molecule has 0 aliphatic heterocycles. The number of unbranched alkanes of at least 4 members (excludes halogenated alkanes) is 1. The van der Waals surface area contributed by atoms with Gasteiger partial charge in [0.1, 0.15) is 17.7 Å². The first-order chi connectivity index (χ1) is 12.2. The molecule has 3 aromatic rings. The number of nitrogens with zero attached hydrogens (tertiary/aromatic N) is 3. The summed E-state index contributed by atoms with van der Waals surface area (Å²) < 4.78 is 0. The molecule has 0 atom stereocenters. The van der Waals surface area contributed by atoms with Crippen LogP contribution in [0.2, 0.25) is 0 Å². The number of H-pyrrole nitrogens is 2. The van der Waals surface area contributed by atoms with Gasteiger partial charge in [-0.3, -0.25) is 4.79 Å². The maximum Gasteiger partial charge on any atom is 0.270 e. The highest BCUT2D eigenvalue weighted by molar-refractivity contribution is 5.97. The number of rotatable bonds is 7. The van der Waals surface area contributed by atoms with Crippen LogP contribution in [0.1, 0.15) is 49.2 Å². The van der Waals surface area contributed by atoms with Crippen molar-refractivity contribution in [2.45, 2.75) is 40.0 Å². The molecule has 0 aliphatic rings. The van der Waals surface area contributed by atoms with Crippen LogP contribution < -0.4 is 0 Å². The predicted molar refractivity (Wildman–Crippen MR) is 99.5 cm³/mol. The molecule has 25 heavy (non-hydrogen) atoms. The summed E-state index contributed by atoms with van der Waals surface area (Å²) in [6, 6.07) is 1.89. The standard InChI is InChI=1S/C19H25N5O/c1-4-6-8-24(7-5-2)19(25)15-9-14(11-20-15)17-16-13(3)10-21-18(16)23-12-22-17/h9-12,20H,4-8H2,1-3H3,(H,21,22,23). The number of carbonyl (C=O) groups is 1. The third-order valence-electron chi connectivity index (χ3n) is 4.42. The van der Waals surface area contributed by atoms with Gasteiger partial charge in [0.15, 0.2) is 0 Å². The number of aromatic nitrogens is 4. The lowest BCUT2D eigenvalue weighted by Gasteiger charge is -2.21. The van der Waals surface area contributed by atoms with Crippen molar-refractivity contribution < 1.29 is 4.79 Å². The van der Waals surface area contributed by atoms with Gasteiger partial charge < -0.3 is 14.9 Å². The first-order valence-corrected chi connectivity index (χ1v) is 8.92. The summed E-state index contributed by atoms with van der Waals surface area (Å²) in [4.78, 5) is 29.7. The average Bonchev–Trinajstić information content (AvgIpc) is 3.25. The highest BCUT2D eigenvalue weighted by atomic mass is 16.2. The van der Waals surface area contributed by atoms with Crippen LogP contribution in [-0.2, 0) is 0 Å². The van der Waals surface area contributed by atoms with Crippen molar-refractivity contribution in [1.82, 2.24) is 24.8 Å². The largest absolute Gasteiger partial charge is 0.357 e. The molecule has 0 spiro atoms. The molecule has 0 fully saturated rings. The highest BCUT2D eigenvalue weighted by Gasteiger charge is 2.18. The SMILES string of the molecule is CCCCN(CCC)C(=O)c1cc(-c2ncnc3[nH]cc(C)c23)c[nH]1. The number of nitrogens with one attached hydrogen (secondary N) is 2. The zero-order valence-electron chi connectivity index (χ0n) is 15.1. The lowest BCUT2D eigenvalue weighted by Crippen LogP contribution is -2.32. The molecule has 6 nitrogen and oxygen atoms in total. The van der Waals surface area contributed by atoms with Crippen LogP contribution in [0.5, 0.6) is 0 Å². The number of amides is 1. The van der Waals surface area contributed by atoms with Crippen molar-refractivity contribution in [2.24, 2.45) is 0 Å². The molecule has 0 bridgehead atoms. The fraction of sp³-hybridized carbons (Fsp3) is 0.421. The molecule has 1 amide bonds. The molecule has 3 rings (SSSR count). The molecule has 3 aromatic heterocycles. The molecule has 2 N–H and O–H groups in total. The van der Waals surface area contributed by atoms with Gasteiger partial charge >= 0.3 is 0 Å². The second-order valence-corrected chi connectivity index (χ2v) is 6.37. The van der Waals surface area contributed by atoms with Crippen LogP contribution in [0, 0.1) is 6.92 Å². The zero-order valence-corrected chi connectivity index (χ0v) is 15.1. The van der Waals surface area contributed by atoms with Crippen LogP contribution >= 0.6 is 0 Å². The second-order valence-electron chi connectivity index (χ2n) is 6.37. The molecular weight excluding hydrogens is 314 g/mol. The number of aryl methyl sites for hydroxylation is 1. The topological polar surface area (TPSA) is 77.7 Å². The van der Waals surface area contributed by atoms with E-state index in [0.717, 1.165) is 60.2 Å². The van der Waals surface area contributed by atoms with E-state index in [0.29, 0.717) is 5.69 Å². The summed E-state index contributed by atoms with van der Waals surface area (Å²) in [6.07, 6.45) is 8.38. The lowest BCUT2D eigenvalue weighted by atomic mass is 10.1. The highest BCUT2D eigenvalue weighted by Crippen LogP contribution is 2.28. The Kier molecular flexibility index (Phi) is 5.16. The van der Waals surface area contributed by atoms with Gasteiger partial charge in [-0.25, -0.2) is 9.97 Å². The first kappa shape index (κ1) is 17.2. The molecule has 0 saturated carbocycles. The molecule has 0 unspecified atom stereocenters. The average molecular weight is 339 g/mol. The lowest BCUT2D eigenvalue weighted by molar-refractivity contribution is 0.0748. The molecule has 3 heterocycles. The zero-order chi connectivity index (χ0) is 17.8. The third-order valence-corrected chi connectivity index (χ3v) is 4.42. The van der Waals surface area contributed by atoms with Gasteiger partial charge in [0.2, 0.25) is 0 Å². The van der Waals surface area contributed by atoms with E-state index in [9.17, 15) is 4.79 Å². The Morgan fingerprint density at radius 3 is 2.72 bits per heavy atom. The van der Waals surface area contributed by atoms with E-state index in [4.69, 9.17) is 0 Å². The number of hydrogen-bond acceptors (Lipinski definition) is 3. The van der Waals surface area contributed by atoms with E-state index in [1.165, 1.54) is 0 Å². The van der Waals surface area contributed by atoms with E-state index in [1.54, 1.807) is 6.33 Å². The van der Waals surface area contributed by atoms with E-state index in [1.807, 2.05) is 30.3 Å². The van der Waals surface area contributed by atoms with Crippen LogP contribution in [0.3, 0.4) is 0 Å². The van der Waals surface area contributed by atoms with Gasteiger partial charge in [-0.1, -0.05) is 20.3 Å². The summed E-state index contributed by atoms with van der Waals surface area (Å²) in [5.41, 5.74) is 4.27. The number of hydrogen-bond donors (Lipinski definition) is 2. The number of fused-ring (bicyclic) bond motifs is 1. The third kappa shape index (κ3) is 3.43. The molecule has 6 heteroatoms. The fourth-order valence-electron chi connectivity index (χ4n) is 3.09. The van der Waals surface area contributed by atoms with E-state index < -0.39 is 0 Å². The molecule has 132 valence electrons. The Morgan fingerprint density at radius 1 is 1.12 bits per heavy atom. The second kappa shape index (κ2) is 7.51. The van der Waals surface area contributed by atoms with Gasteiger partial charge in [-0.05, 0) is 31.4 Å². The Balaban J connectivity index is 1.91. The Bertz CT molecular complexity index is 864. The molecule has 0 saturated heterocycles. The van der Waals surface area contributed by atoms with E-state index >= 15 is 0 Å². The number of aromatic amines is 2. The van der Waals surface area contributed by atoms with Crippen LogP contribution in [0.25, 0.3) is 22.3 Å². The summed E-state index contributed by atoms with van der Waals surface area (Å²) >= 11 is 0. The minimum atomic E-state index is 0.0534. The normalized spacial score (nSPS) is 11.2. The minimum Gasteiger partial charge on any atom is -0.357 e. The molecular formula is C19H25N5O. The van der Waals surface area contributed by atoms with Crippen molar-refractivity contribution in [2.75, 3.05) is 13.1 Å². The number of carbonyl (C=O) groups excluding carboxylic acids is 1. The van der Waals surface area contributed by atoms with Crippen LogP contribution in [0.15, 0.2) is 24.8 Å². The Labute approximate surface area is 147 Å². The van der Waals surface area contributed by atoms with Crippen molar-refractivity contribution in [3.63, 3.8) is 0 Å². The minimum absolute atomic E-state index is 0.0534. The summed E-state index contributed by atoms with van der Waals surface area (Å²) in [5, 5.41) is 0.997. The maximum atomic E-state index is 12.8. The van der Waals surface area contributed by atoms with Gasteiger partial charge in [0.25, 0.3) is 5.91 Å². The van der Waals surface area contributed by atoms with Crippen molar-refractivity contribution in [1.29, 1.82) is 0 Å². The van der Waals surface area contributed by atoms with E-state index in [-0.39, 0.29) is 5.91 Å². The van der Waals surface area contributed by atoms with Gasteiger partial charge in [0, 0.05) is 36.4 Å². The monoisotopic (exact) mass is 339 g/mol. The van der Waals surface area contributed by atoms with Gasteiger partial charge in [0.05, 0.1) is 5.69 Å². The van der Waals surface area contributed by atoms with Gasteiger partial charge in [-0.15, -0.1) is 0 Å². The summed E-state index contributed by atoms with van der Waals surface area (Å²) in [6.45, 7) is 7.84. The Morgan fingerprint density at radius 2 is 1.96 bits per heavy atom. The van der Waals surface area contributed by atoms with Crippen molar-refractivity contribution in [3.05, 3.63) is 36.0 Å². The maximum absolute atomic E-state index is 12.8. The summed E-state index contributed by atoms with van der Waals surface area (Å²) in [5.74, 6) is 0.0534. The molecule has 0 aliphatic carbocycles. The van der Waals surface area contributed by atoms with Crippen LogP contribution in [0.4, 0.5) is 0 Å². The van der Waals surface area contributed by atoms with Crippen LogP contribution in [-0.4, -0.2) is 43.8 Å². The van der Waals surface area contributed by atoms with Crippen molar-refractivity contribution >= 4 is 16.9 Å².